The average Bonchev–Trinajstić information content (AvgIpc) is 3.05. The number of likely N-dealkylation sites (N-methyl/N-ethyl adjacent to an activating group) is 1. The summed E-state index contributed by atoms with van der Waals surface area (Å²) in [5.41, 5.74) is 1.75. The smallest absolute Gasteiger partial charge is 0.295 e. The van der Waals surface area contributed by atoms with E-state index >= 15 is 0 Å². The largest absolute Gasteiger partial charge is 0.507 e. The molecule has 1 unspecified atom stereocenters. The highest BCUT2D eigenvalue weighted by molar-refractivity contribution is 6.46. The van der Waals surface area contributed by atoms with Gasteiger partial charge in [0.15, 0.2) is 0 Å². The highest BCUT2D eigenvalue weighted by atomic mass is 19.1. The van der Waals surface area contributed by atoms with E-state index in [0.717, 1.165) is 13.1 Å². The first-order valence-corrected chi connectivity index (χ1v) is 11.3. The first kappa shape index (κ1) is 24.5. The molecule has 0 radical (unpaired) electrons. The Hall–Kier alpha value is -3.19. The Bertz CT molecular complexity index is 1040. The van der Waals surface area contributed by atoms with Gasteiger partial charge in [-0.3, -0.25) is 9.59 Å². The van der Waals surface area contributed by atoms with E-state index in [-0.39, 0.29) is 11.3 Å². The van der Waals surface area contributed by atoms with E-state index in [1.54, 1.807) is 37.3 Å². The second-order valence-electron chi connectivity index (χ2n) is 7.98. The van der Waals surface area contributed by atoms with Crippen molar-refractivity contribution < 1.29 is 23.8 Å². The number of aliphatic hydroxyl groups excluding tert-OH is 1. The first-order valence-electron chi connectivity index (χ1n) is 11.3. The summed E-state index contributed by atoms with van der Waals surface area (Å²) in [6.45, 7) is 10.8. The van der Waals surface area contributed by atoms with Crippen LogP contribution in [-0.2, 0) is 9.59 Å². The fraction of sp³-hybridized carbons (Fsp3) is 0.385. The summed E-state index contributed by atoms with van der Waals surface area (Å²) in [6, 6.07) is 10.1. The van der Waals surface area contributed by atoms with Crippen molar-refractivity contribution >= 4 is 17.4 Å². The zero-order chi connectivity index (χ0) is 24.1. The molecule has 2 aromatic rings. The molecule has 33 heavy (non-hydrogen) atoms. The molecule has 1 fully saturated rings. The van der Waals surface area contributed by atoms with Crippen LogP contribution in [0.25, 0.3) is 5.76 Å². The van der Waals surface area contributed by atoms with E-state index in [0.29, 0.717) is 42.1 Å². The highest BCUT2D eigenvalue weighted by Crippen LogP contribution is 2.40. The number of carbonyl (C=O) groups is 2. The van der Waals surface area contributed by atoms with Crippen LogP contribution in [0.1, 0.15) is 43.5 Å². The summed E-state index contributed by atoms with van der Waals surface area (Å²) in [5.74, 6) is -1.41. The van der Waals surface area contributed by atoms with Gasteiger partial charge in [-0.25, -0.2) is 4.39 Å². The number of halogens is 1. The van der Waals surface area contributed by atoms with Gasteiger partial charge in [-0.05, 0) is 68.4 Å². The van der Waals surface area contributed by atoms with Gasteiger partial charge in [0.1, 0.15) is 17.3 Å². The third-order valence-corrected chi connectivity index (χ3v) is 6.04. The van der Waals surface area contributed by atoms with Gasteiger partial charge in [0.05, 0.1) is 18.2 Å². The van der Waals surface area contributed by atoms with Crippen molar-refractivity contribution in [1.29, 1.82) is 0 Å². The Labute approximate surface area is 194 Å². The van der Waals surface area contributed by atoms with Crippen molar-refractivity contribution in [3.63, 3.8) is 0 Å². The fourth-order valence-corrected chi connectivity index (χ4v) is 4.19. The number of aliphatic hydroxyl groups is 1. The van der Waals surface area contributed by atoms with E-state index in [2.05, 4.69) is 4.90 Å². The third kappa shape index (κ3) is 5.09. The standard InChI is InChI=1S/C26H31FN2O4/c1-5-28(6-2)14-15-29-23(18-8-10-19(27)11-9-18)22(25(31)26(29)32)24(30)21-13-12-20(33-7-3)16-17(21)4/h8-13,16,23,30H,5-7,14-15H2,1-4H3. The van der Waals surface area contributed by atoms with E-state index in [9.17, 15) is 19.1 Å². The molecule has 0 bridgehead atoms. The van der Waals surface area contributed by atoms with Crippen LogP contribution in [0.15, 0.2) is 48.0 Å². The monoisotopic (exact) mass is 454 g/mol. The minimum absolute atomic E-state index is 0.0124. The predicted molar refractivity (Wildman–Crippen MR) is 126 cm³/mol. The number of benzene rings is 2. The second-order valence-corrected chi connectivity index (χ2v) is 7.98. The molecule has 176 valence electrons. The van der Waals surface area contributed by atoms with Crippen LogP contribution < -0.4 is 4.74 Å². The van der Waals surface area contributed by atoms with Crippen molar-refractivity contribution in [2.24, 2.45) is 0 Å². The van der Waals surface area contributed by atoms with Crippen LogP contribution in [0.5, 0.6) is 5.75 Å². The maximum Gasteiger partial charge on any atom is 0.295 e. The number of ether oxygens (including phenoxy) is 1. The second kappa shape index (κ2) is 10.6. The van der Waals surface area contributed by atoms with E-state index in [1.165, 1.54) is 17.0 Å². The number of rotatable bonds is 9. The number of aryl methyl sites for hydroxylation is 1. The Kier molecular flexibility index (Phi) is 7.87. The molecular weight excluding hydrogens is 423 g/mol. The molecule has 0 aliphatic carbocycles. The van der Waals surface area contributed by atoms with Crippen LogP contribution in [0.2, 0.25) is 0 Å². The van der Waals surface area contributed by atoms with Crippen LogP contribution in [-0.4, -0.2) is 59.4 Å². The number of ketones is 1. The van der Waals surface area contributed by atoms with Gasteiger partial charge >= 0.3 is 0 Å². The summed E-state index contributed by atoms with van der Waals surface area (Å²) in [6.07, 6.45) is 0. The maximum absolute atomic E-state index is 13.6. The summed E-state index contributed by atoms with van der Waals surface area (Å²) in [7, 11) is 0. The molecular formula is C26H31FN2O4. The van der Waals surface area contributed by atoms with Crippen LogP contribution >= 0.6 is 0 Å². The zero-order valence-corrected chi connectivity index (χ0v) is 19.6. The molecule has 1 saturated heterocycles. The normalized spacial score (nSPS) is 17.8. The SMILES string of the molecule is CCOc1ccc(C(O)=C2C(=O)C(=O)N(CCN(CC)CC)C2c2ccc(F)cc2)c(C)c1. The van der Waals surface area contributed by atoms with E-state index in [4.69, 9.17) is 4.74 Å². The van der Waals surface area contributed by atoms with Crippen molar-refractivity contribution in [2.75, 3.05) is 32.8 Å². The Morgan fingerprint density at radius 1 is 1.09 bits per heavy atom. The lowest BCUT2D eigenvalue weighted by atomic mass is 9.94. The highest BCUT2D eigenvalue weighted by Gasteiger charge is 2.46. The van der Waals surface area contributed by atoms with Gasteiger partial charge in [0, 0.05) is 18.7 Å². The van der Waals surface area contributed by atoms with E-state index in [1.807, 2.05) is 20.8 Å². The van der Waals surface area contributed by atoms with Crippen molar-refractivity contribution in [2.45, 2.75) is 33.7 Å². The summed E-state index contributed by atoms with van der Waals surface area (Å²) in [4.78, 5) is 29.8. The molecule has 1 N–H and O–H groups in total. The minimum atomic E-state index is -0.799. The molecule has 0 aromatic heterocycles. The maximum atomic E-state index is 13.6. The van der Waals surface area contributed by atoms with E-state index < -0.39 is 23.5 Å². The molecule has 2 aromatic carbocycles. The van der Waals surface area contributed by atoms with Gasteiger partial charge in [-0.1, -0.05) is 26.0 Å². The number of likely N-dealkylation sites (tertiary alicyclic amines) is 1. The summed E-state index contributed by atoms with van der Waals surface area (Å²) in [5, 5.41) is 11.2. The number of hydrogen-bond donors (Lipinski definition) is 1. The Balaban J connectivity index is 2.10. The van der Waals surface area contributed by atoms with Gasteiger partial charge < -0.3 is 19.6 Å². The summed E-state index contributed by atoms with van der Waals surface area (Å²) < 4.78 is 19.1. The lowest BCUT2D eigenvalue weighted by Gasteiger charge is -2.28. The molecule has 1 aliphatic rings. The fourth-order valence-electron chi connectivity index (χ4n) is 4.19. The molecule has 3 rings (SSSR count). The Morgan fingerprint density at radius 2 is 1.76 bits per heavy atom. The molecule has 7 heteroatoms. The van der Waals surface area contributed by atoms with Crippen molar-refractivity contribution in [3.8, 4) is 5.75 Å². The quantitative estimate of drug-likeness (QED) is 0.348. The molecule has 0 spiro atoms. The van der Waals surface area contributed by atoms with Crippen LogP contribution in [0, 0.1) is 12.7 Å². The van der Waals surface area contributed by atoms with Gasteiger partial charge in [0.25, 0.3) is 11.7 Å². The lowest BCUT2D eigenvalue weighted by molar-refractivity contribution is -0.140. The van der Waals surface area contributed by atoms with Crippen LogP contribution in [0.3, 0.4) is 0 Å². The molecule has 6 nitrogen and oxygen atoms in total. The van der Waals surface area contributed by atoms with Crippen LogP contribution in [0.4, 0.5) is 4.39 Å². The molecule has 1 amide bonds. The molecule has 1 heterocycles. The molecule has 0 saturated carbocycles. The number of nitrogens with zero attached hydrogens (tertiary/aromatic N) is 2. The third-order valence-electron chi connectivity index (χ3n) is 6.04. The number of Topliss-reactive ketones (excluding diaryl/α,β-unsaturated/α-hetero) is 1. The first-order chi connectivity index (χ1) is 15.8. The van der Waals surface area contributed by atoms with Crippen molar-refractivity contribution in [1.82, 2.24) is 9.80 Å². The lowest BCUT2D eigenvalue weighted by Crippen LogP contribution is -2.38. The minimum Gasteiger partial charge on any atom is -0.507 e. The van der Waals surface area contributed by atoms with Gasteiger partial charge in [-0.2, -0.15) is 0 Å². The number of hydrogen-bond acceptors (Lipinski definition) is 5. The average molecular weight is 455 g/mol. The summed E-state index contributed by atoms with van der Waals surface area (Å²) >= 11 is 0. The number of carbonyl (C=O) groups excluding carboxylic acids is 2. The topological polar surface area (TPSA) is 70.1 Å². The number of amides is 1. The zero-order valence-electron chi connectivity index (χ0n) is 19.6. The molecule has 1 aliphatic heterocycles. The van der Waals surface area contributed by atoms with Gasteiger partial charge in [0.2, 0.25) is 0 Å². The van der Waals surface area contributed by atoms with Crippen molar-refractivity contribution in [3.05, 3.63) is 70.5 Å². The molecule has 1 atom stereocenters. The van der Waals surface area contributed by atoms with Gasteiger partial charge in [-0.15, -0.1) is 0 Å². The Morgan fingerprint density at radius 3 is 2.33 bits per heavy atom. The predicted octanol–water partition coefficient (Wildman–Crippen LogP) is 4.30.